The minimum atomic E-state index is 0.211. The van der Waals surface area contributed by atoms with Crippen molar-refractivity contribution >= 4 is 17.0 Å². The summed E-state index contributed by atoms with van der Waals surface area (Å²) in [6, 6.07) is 21.0. The summed E-state index contributed by atoms with van der Waals surface area (Å²) in [6.45, 7) is 4.24. The molecule has 1 atom stereocenters. The Hall–Kier alpha value is -3.44. The SMILES string of the molecule is CC1CNCC(C(=C(N)c2ccncc2)c2ccc(OCc3ccc(C4CC4)cc3)cc2)=N1. The molecule has 1 aliphatic carbocycles. The molecule has 0 radical (unpaired) electrons. The molecule has 1 saturated carbocycles. The molecule has 5 rings (SSSR count). The number of nitrogens with one attached hydrogen (secondary N) is 1. The van der Waals surface area contributed by atoms with Gasteiger partial charge in [0.05, 0.1) is 11.8 Å². The number of nitrogens with zero attached hydrogens (tertiary/aromatic N) is 2. The molecule has 168 valence electrons. The van der Waals surface area contributed by atoms with Crippen LogP contribution in [0, 0.1) is 0 Å². The third-order valence-corrected chi connectivity index (χ3v) is 6.23. The van der Waals surface area contributed by atoms with Crippen LogP contribution in [0.15, 0.2) is 78.0 Å². The van der Waals surface area contributed by atoms with Crippen molar-refractivity contribution in [2.75, 3.05) is 13.1 Å². The van der Waals surface area contributed by atoms with Crippen LogP contribution in [0.5, 0.6) is 5.75 Å². The predicted molar refractivity (Wildman–Crippen MR) is 134 cm³/mol. The molecule has 1 unspecified atom stereocenters. The summed E-state index contributed by atoms with van der Waals surface area (Å²) in [5.41, 5.74) is 13.9. The highest BCUT2D eigenvalue weighted by atomic mass is 16.5. The monoisotopic (exact) mass is 438 g/mol. The van der Waals surface area contributed by atoms with Crippen molar-refractivity contribution in [1.82, 2.24) is 10.3 Å². The number of nitrogens with two attached hydrogens (primary N) is 1. The largest absolute Gasteiger partial charge is 0.489 e. The van der Waals surface area contributed by atoms with Gasteiger partial charge in [-0.15, -0.1) is 0 Å². The number of ether oxygens (including phenoxy) is 1. The lowest BCUT2D eigenvalue weighted by Gasteiger charge is -2.22. The van der Waals surface area contributed by atoms with Crippen molar-refractivity contribution in [1.29, 1.82) is 0 Å². The van der Waals surface area contributed by atoms with E-state index in [4.69, 9.17) is 15.5 Å². The van der Waals surface area contributed by atoms with Gasteiger partial charge in [0.2, 0.25) is 0 Å². The quantitative estimate of drug-likeness (QED) is 0.556. The maximum Gasteiger partial charge on any atom is 0.119 e. The highest BCUT2D eigenvalue weighted by molar-refractivity contribution is 6.31. The second-order valence-electron chi connectivity index (χ2n) is 8.91. The zero-order valence-corrected chi connectivity index (χ0v) is 19.0. The number of rotatable bonds is 7. The lowest BCUT2D eigenvalue weighted by molar-refractivity contribution is 0.306. The molecule has 3 aromatic rings. The minimum Gasteiger partial charge on any atom is -0.489 e. The molecule has 0 bridgehead atoms. The van der Waals surface area contributed by atoms with E-state index in [2.05, 4.69) is 53.6 Å². The highest BCUT2D eigenvalue weighted by Gasteiger charge is 2.23. The zero-order valence-electron chi connectivity index (χ0n) is 19.0. The van der Waals surface area contributed by atoms with E-state index in [1.807, 2.05) is 24.3 Å². The van der Waals surface area contributed by atoms with Gasteiger partial charge < -0.3 is 15.8 Å². The average molecular weight is 439 g/mol. The van der Waals surface area contributed by atoms with Crippen LogP contribution < -0.4 is 15.8 Å². The van der Waals surface area contributed by atoms with E-state index in [1.54, 1.807) is 12.4 Å². The van der Waals surface area contributed by atoms with E-state index in [-0.39, 0.29) is 6.04 Å². The molecular formula is C28H30N4O. The van der Waals surface area contributed by atoms with Gasteiger partial charge in [0.25, 0.3) is 0 Å². The van der Waals surface area contributed by atoms with Gasteiger partial charge in [0.1, 0.15) is 12.4 Å². The molecule has 1 fully saturated rings. The second-order valence-corrected chi connectivity index (χ2v) is 8.91. The third kappa shape index (κ3) is 5.15. The Kier molecular flexibility index (Phi) is 6.22. The van der Waals surface area contributed by atoms with Gasteiger partial charge >= 0.3 is 0 Å². The summed E-state index contributed by atoms with van der Waals surface area (Å²) >= 11 is 0. The van der Waals surface area contributed by atoms with Crippen LogP contribution in [0.4, 0.5) is 0 Å². The highest BCUT2D eigenvalue weighted by Crippen LogP contribution is 2.40. The summed E-state index contributed by atoms with van der Waals surface area (Å²) < 4.78 is 6.05. The minimum absolute atomic E-state index is 0.211. The number of benzene rings is 2. The van der Waals surface area contributed by atoms with Gasteiger partial charge in [0.15, 0.2) is 0 Å². The third-order valence-electron chi connectivity index (χ3n) is 6.23. The number of pyridine rings is 1. The fourth-order valence-corrected chi connectivity index (χ4v) is 4.25. The molecule has 1 aliphatic heterocycles. The topological polar surface area (TPSA) is 72.5 Å². The molecule has 5 heteroatoms. The van der Waals surface area contributed by atoms with E-state index in [0.717, 1.165) is 40.6 Å². The normalized spacial score (nSPS) is 18.9. The predicted octanol–water partition coefficient (Wildman–Crippen LogP) is 4.80. The first-order chi connectivity index (χ1) is 16.2. The van der Waals surface area contributed by atoms with E-state index in [0.29, 0.717) is 18.8 Å². The van der Waals surface area contributed by atoms with Crippen LogP contribution in [0.1, 0.15) is 47.9 Å². The summed E-state index contributed by atoms with van der Waals surface area (Å²) in [6.07, 6.45) is 6.17. The van der Waals surface area contributed by atoms with Crippen LogP contribution in [-0.2, 0) is 6.61 Å². The molecule has 0 saturated heterocycles. The van der Waals surface area contributed by atoms with Gasteiger partial charge in [-0.05, 0) is 66.6 Å². The number of hydrogen-bond donors (Lipinski definition) is 2. The molecule has 2 aromatic carbocycles. The fourth-order valence-electron chi connectivity index (χ4n) is 4.25. The van der Waals surface area contributed by atoms with E-state index < -0.39 is 0 Å². The summed E-state index contributed by atoms with van der Waals surface area (Å²) in [5, 5.41) is 3.45. The maximum absolute atomic E-state index is 6.67. The second kappa shape index (κ2) is 9.59. The number of hydrogen-bond acceptors (Lipinski definition) is 5. The fraction of sp³-hybridized carbons (Fsp3) is 0.286. The van der Waals surface area contributed by atoms with Gasteiger partial charge in [-0.1, -0.05) is 36.4 Å². The van der Waals surface area contributed by atoms with E-state index in [9.17, 15) is 0 Å². The van der Waals surface area contributed by atoms with Gasteiger partial charge in [-0.2, -0.15) is 0 Å². The van der Waals surface area contributed by atoms with Gasteiger partial charge in [0, 0.05) is 42.3 Å². The Morgan fingerprint density at radius 3 is 2.36 bits per heavy atom. The molecule has 2 aliphatic rings. The van der Waals surface area contributed by atoms with Crippen LogP contribution in [0.2, 0.25) is 0 Å². The van der Waals surface area contributed by atoms with Crippen LogP contribution in [0.3, 0.4) is 0 Å². The Balaban J connectivity index is 1.37. The van der Waals surface area contributed by atoms with Crippen LogP contribution in [0.25, 0.3) is 11.3 Å². The Bertz CT molecular complexity index is 1150. The first-order valence-electron chi connectivity index (χ1n) is 11.7. The smallest absolute Gasteiger partial charge is 0.119 e. The molecule has 0 amide bonds. The lowest BCUT2D eigenvalue weighted by Crippen LogP contribution is -2.36. The van der Waals surface area contributed by atoms with Crippen molar-refractivity contribution in [2.45, 2.75) is 38.3 Å². The van der Waals surface area contributed by atoms with E-state index >= 15 is 0 Å². The van der Waals surface area contributed by atoms with Crippen LogP contribution in [-0.4, -0.2) is 29.8 Å². The van der Waals surface area contributed by atoms with Crippen molar-refractivity contribution in [3.8, 4) is 5.75 Å². The first kappa shape index (κ1) is 21.4. The summed E-state index contributed by atoms with van der Waals surface area (Å²) in [7, 11) is 0. The van der Waals surface area contributed by atoms with Crippen molar-refractivity contribution < 1.29 is 4.74 Å². The molecule has 1 aromatic heterocycles. The van der Waals surface area contributed by atoms with Gasteiger partial charge in [-0.25, -0.2) is 0 Å². The average Bonchev–Trinajstić information content (AvgIpc) is 3.70. The van der Waals surface area contributed by atoms with Crippen molar-refractivity contribution in [3.05, 3.63) is 95.3 Å². The molecule has 2 heterocycles. The standard InChI is InChI=1S/C28H30N4O/c1-19-16-31-17-26(32-19)27(28(29)24-12-14-30-15-13-24)23-8-10-25(11-9-23)33-18-20-2-4-21(5-3-20)22-6-7-22/h2-5,8-15,19,22,31H,6-7,16-18,29H2,1H3. The molecule has 5 nitrogen and oxygen atoms in total. The molecule has 0 spiro atoms. The van der Waals surface area contributed by atoms with Crippen molar-refractivity contribution in [2.24, 2.45) is 10.7 Å². The maximum atomic E-state index is 6.67. The Labute approximate surface area is 195 Å². The lowest BCUT2D eigenvalue weighted by atomic mass is 9.95. The van der Waals surface area contributed by atoms with Crippen molar-refractivity contribution in [3.63, 3.8) is 0 Å². The Morgan fingerprint density at radius 1 is 0.970 bits per heavy atom. The molecule has 3 N–H and O–H groups in total. The number of aromatic nitrogens is 1. The van der Waals surface area contributed by atoms with E-state index in [1.165, 1.54) is 24.0 Å². The van der Waals surface area contributed by atoms with Gasteiger partial charge in [-0.3, -0.25) is 9.98 Å². The summed E-state index contributed by atoms with van der Waals surface area (Å²) in [5.74, 6) is 1.62. The molecular weight excluding hydrogens is 408 g/mol. The zero-order chi connectivity index (χ0) is 22.6. The van der Waals surface area contributed by atoms with Crippen LogP contribution >= 0.6 is 0 Å². The Morgan fingerprint density at radius 2 is 1.70 bits per heavy atom. The summed E-state index contributed by atoms with van der Waals surface area (Å²) in [4.78, 5) is 9.02. The number of aliphatic imine (C=N–C) groups is 1. The molecule has 33 heavy (non-hydrogen) atoms. The first-order valence-corrected chi connectivity index (χ1v) is 11.7.